The molecule has 4 nitrogen and oxygen atoms in total. The first kappa shape index (κ1) is 23.5. The molecular weight excluding hydrogens is 451 g/mol. The number of pyridine rings is 1. The van der Waals surface area contributed by atoms with Gasteiger partial charge in [-0.1, -0.05) is 30.3 Å². The minimum Gasteiger partial charge on any atom is -0.344 e. The van der Waals surface area contributed by atoms with Crippen molar-refractivity contribution in [3.63, 3.8) is 0 Å². The van der Waals surface area contributed by atoms with Crippen LogP contribution in [0.4, 0.5) is 13.2 Å². The van der Waals surface area contributed by atoms with Crippen molar-refractivity contribution >= 4 is 5.91 Å². The highest BCUT2D eigenvalue weighted by Crippen LogP contribution is 2.34. The topological polar surface area (TPSA) is 45.2 Å². The van der Waals surface area contributed by atoms with E-state index in [-0.39, 0.29) is 11.9 Å². The van der Waals surface area contributed by atoms with Crippen LogP contribution in [0, 0.1) is 0 Å². The minimum atomic E-state index is -4.41. The number of hydrogen-bond donors (Lipinski definition) is 1. The number of rotatable bonds is 5. The molecule has 1 unspecified atom stereocenters. The number of halogens is 3. The maximum absolute atomic E-state index is 13.2. The Kier molecular flexibility index (Phi) is 6.60. The van der Waals surface area contributed by atoms with Gasteiger partial charge in [0.2, 0.25) is 0 Å². The summed E-state index contributed by atoms with van der Waals surface area (Å²) in [7, 11) is 0. The second-order valence-corrected chi connectivity index (χ2v) is 9.42. The largest absolute Gasteiger partial charge is 0.416 e. The van der Waals surface area contributed by atoms with Crippen molar-refractivity contribution in [3.8, 4) is 11.3 Å². The van der Waals surface area contributed by atoms with Crippen molar-refractivity contribution in [2.75, 3.05) is 13.1 Å². The van der Waals surface area contributed by atoms with Gasteiger partial charge in [-0.3, -0.25) is 14.7 Å². The van der Waals surface area contributed by atoms with Crippen molar-refractivity contribution in [2.24, 2.45) is 0 Å². The zero-order chi connectivity index (χ0) is 24.4. The van der Waals surface area contributed by atoms with Gasteiger partial charge in [-0.05, 0) is 86.7 Å². The van der Waals surface area contributed by atoms with E-state index in [1.54, 1.807) is 12.1 Å². The molecule has 1 N–H and O–H groups in total. The lowest BCUT2D eigenvalue weighted by molar-refractivity contribution is -0.137. The first-order valence-corrected chi connectivity index (χ1v) is 12.2. The van der Waals surface area contributed by atoms with Gasteiger partial charge < -0.3 is 5.32 Å². The third-order valence-electron chi connectivity index (χ3n) is 6.87. The number of carbonyl (C=O) groups is 1. The molecule has 1 aromatic heterocycles. The molecule has 1 fully saturated rings. The van der Waals surface area contributed by atoms with Gasteiger partial charge in [0.15, 0.2) is 0 Å². The summed E-state index contributed by atoms with van der Waals surface area (Å²) in [6.45, 7) is 3.03. The second-order valence-electron chi connectivity index (χ2n) is 9.42. The van der Waals surface area contributed by atoms with Crippen molar-refractivity contribution in [1.29, 1.82) is 0 Å². The van der Waals surface area contributed by atoms with Gasteiger partial charge in [0, 0.05) is 17.7 Å². The molecule has 35 heavy (non-hydrogen) atoms. The Morgan fingerprint density at radius 1 is 1.00 bits per heavy atom. The van der Waals surface area contributed by atoms with Gasteiger partial charge >= 0.3 is 6.18 Å². The summed E-state index contributed by atoms with van der Waals surface area (Å²) in [5.74, 6) is -0.155. The van der Waals surface area contributed by atoms with Crippen LogP contribution < -0.4 is 5.32 Å². The number of aromatic nitrogens is 1. The molecule has 0 radical (unpaired) electrons. The van der Waals surface area contributed by atoms with E-state index in [1.165, 1.54) is 18.9 Å². The lowest BCUT2D eigenvalue weighted by Gasteiger charge is -2.26. The second kappa shape index (κ2) is 9.82. The van der Waals surface area contributed by atoms with Gasteiger partial charge in [0.25, 0.3) is 5.91 Å². The fourth-order valence-electron chi connectivity index (χ4n) is 5.06. The first-order valence-electron chi connectivity index (χ1n) is 12.2. The molecule has 2 aromatic carbocycles. The number of likely N-dealkylation sites (tertiary alicyclic amines) is 1. The number of hydrogen-bond acceptors (Lipinski definition) is 3. The smallest absolute Gasteiger partial charge is 0.344 e. The van der Waals surface area contributed by atoms with Crippen LogP contribution in [0.15, 0.2) is 60.7 Å². The van der Waals surface area contributed by atoms with Gasteiger partial charge in [-0.15, -0.1) is 0 Å². The molecular formula is C28H28F3N3O. The Morgan fingerprint density at radius 2 is 1.80 bits per heavy atom. The third-order valence-corrected chi connectivity index (χ3v) is 6.87. The Morgan fingerprint density at radius 3 is 2.60 bits per heavy atom. The third kappa shape index (κ3) is 5.40. The Balaban J connectivity index is 1.36. The zero-order valence-corrected chi connectivity index (χ0v) is 19.4. The Labute approximate surface area is 203 Å². The lowest BCUT2D eigenvalue weighted by Crippen LogP contribution is -2.32. The van der Waals surface area contributed by atoms with Gasteiger partial charge in [-0.2, -0.15) is 13.2 Å². The van der Waals surface area contributed by atoms with Crippen LogP contribution in [0.2, 0.25) is 0 Å². The molecule has 2 aliphatic rings. The van der Waals surface area contributed by atoms with E-state index in [0.29, 0.717) is 16.8 Å². The predicted octanol–water partition coefficient (Wildman–Crippen LogP) is 6.17. The van der Waals surface area contributed by atoms with E-state index >= 15 is 0 Å². The summed E-state index contributed by atoms with van der Waals surface area (Å²) in [4.78, 5) is 20.3. The quantitative estimate of drug-likeness (QED) is 0.476. The average molecular weight is 480 g/mol. The number of aryl methyl sites for hydroxylation is 1. The zero-order valence-electron chi connectivity index (χ0n) is 19.4. The van der Waals surface area contributed by atoms with Crippen LogP contribution >= 0.6 is 0 Å². The SMILES string of the molecule is O=C(NC1CCCc2ccc(-c3cccc(C(F)(F)F)c3)nc21)c1cccc(CN2CCCC2)c1. The van der Waals surface area contributed by atoms with E-state index in [1.807, 2.05) is 30.3 Å². The summed E-state index contributed by atoms with van der Waals surface area (Å²) in [5, 5.41) is 3.13. The lowest BCUT2D eigenvalue weighted by atomic mass is 9.90. The average Bonchev–Trinajstić information content (AvgIpc) is 3.37. The van der Waals surface area contributed by atoms with Crippen LogP contribution in [0.3, 0.4) is 0 Å². The van der Waals surface area contributed by atoms with Crippen molar-refractivity contribution in [1.82, 2.24) is 15.2 Å². The molecule has 1 aliphatic heterocycles. The molecule has 7 heteroatoms. The standard InChI is InChI=1S/C28H28F3N3O/c29-28(30,31)23-10-4-8-21(17-23)24-13-12-20-7-5-11-25(26(20)32-24)33-27(35)22-9-3-6-19(16-22)18-34-14-1-2-15-34/h3-4,6,8-10,12-13,16-17,25H,1-2,5,7,11,14-15,18H2,(H,33,35). The Hall–Kier alpha value is -3.19. The molecule has 3 aromatic rings. The number of nitrogens with one attached hydrogen (secondary N) is 1. The van der Waals surface area contributed by atoms with Crippen LogP contribution in [-0.4, -0.2) is 28.9 Å². The fourth-order valence-corrected chi connectivity index (χ4v) is 5.06. The van der Waals surface area contributed by atoms with Gasteiger partial charge in [0.1, 0.15) is 0 Å². The number of fused-ring (bicyclic) bond motifs is 1. The normalized spacial score (nSPS) is 18.3. The van der Waals surface area contributed by atoms with Crippen molar-refractivity contribution in [3.05, 3.63) is 88.6 Å². The van der Waals surface area contributed by atoms with Crippen molar-refractivity contribution in [2.45, 2.75) is 50.9 Å². The summed E-state index contributed by atoms with van der Waals surface area (Å²) < 4.78 is 39.6. The highest BCUT2D eigenvalue weighted by Gasteiger charge is 2.31. The Bertz CT molecular complexity index is 1220. The summed E-state index contributed by atoms with van der Waals surface area (Å²) in [6, 6.07) is 16.3. The number of benzene rings is 2. The van der Waals surface area contributed by atoms with Crippen molar-refractivity contribution < 1.29 is 18.0 Å². The van der Waals surface area contributed by atoms with Crippen LogP contribution in [0.25, 0.3) is 11.3 Å². The molecule has 1 atom stereocenters. The van der Waals surface area contributed by atoms with E-state index in [9.17, 15) is 18.0 Å². The molecule has 182 valence electrons. The molecule has 1 saturated heterocycles. The summed E-state index contributed by atoms with van der Waals surface area (Å²) in [5.41, 5.74) is 3.69. The summed E-state index contributed by atoms with van der Waals surface area (Å²) >= 11 is 0. The molecule has 2 heterocycles. The molecule has 0 saturated carbocycles. The van der Waals surface area contributed by atoms with E-state index in [4.69, 9.17) is 4.98 Å². The molecule has 5 rings (SSSR count). The van der Waals surface area contributed by atoms with Crippen LogP contribution in [-0.2, 0) is 19.1 Å². The maximum Gasteiger partial charge on any atom is 0.416 e. The molecule has 0 bridgehead atoms. The highest BCUT2D eigenvalue weighted by atomic mass is 19.4. The monoisotopic (exact) mass is 479 g/mol. The van der Waals surface area contributed by atoms with Crippen LogP contribution in [0.5, 0.6) is 0 Å². The predicted molar refractivity (Wildman–Crippen MR) is 129 cm³/mol. The number of carbonyl (C=O) groups excluding carboxylic acids is 1. The summed E-state index contributed by atoms with van der Waals surface area (Å²) in [6.07, 6.45) is 0.517. The number of nitrogens with zero attached hydrogens (tertiary/aromatic N) is 2. The van der Waals surface area contributed by atoms with E-state index in [2.05, 4.69) is 10.2 Å². The molecule has 1 aliphatic carbocycles. The first-order chi connectivity index (χ1) is 16.9. The maximum atomic E-state index is 13.2. The van der Waals surface area contributed by atoms with E-state index < -0.39 is 11.7 Å². The molecule has 0 spiro atoms. The minimum absolute atomic E-state index is 0.155. The highest BCUT2D eigenvalue weighted by molar-refractivity contribution is 5.94. The van der Waals surface area contributed by atoms with Crippen LogP contribution in [0.1, 0.15) is 64.5 Å². The number of amides is 1. The van der Waals surface area contributed by atoms with E-state index in [0.717, 1.165) is 67.9 Å². The number of alkyl halides is 3. The molecule has 1 amide bonds. The van der Waals surface area contributed by atoms with Gasteiger partial charge in [-0.25, -0.2) is 0 Å². The van der Waals surface area contributed by atoms with Gasteiger partial charge in [0.05, 0.1) is 23.0 Å². The fraction of sp³-hybridized carbons (Fsp3) is 0.357.